The highest BCUT2D eigenvalue weighted by atomic mass is 32.2. The quantitative estimate of drug-likeness (QED) is 0.562. The van der Waals surface area contributed by atoms with Crippen LogP contribution in [0.5, 0.6) is 0 Å². The first kappa shape index (κ1) is 17.6. The molecule has 0 aliphatic heterocycles. The zero-order valence-corrected chi connectivity index (χ0v) is 13.4. The number of benzene rings is 1. The third kappa shape index (κ3) is 6.21. The Morgan fingerprint density at radius 3 is 2.57 bits per heavy atom. The Labute approximate surface area is 130 Å². The molecule has 0 aromatic heterocycles. The molecule has 1 aromatic rings. The first-order valence-corrected chi connectivity index (χ1v) is 8.17. The van der Waals surface area contributed by atoms with Crippen LogP contribution in [0.4, 0.5) is 4.79 Å². The van der Waals surface area contributed by atoms with E-state index in [1.54, 1.807) is 0 Å². The standard InChI is InChI=1S/C16H23NO3S/c1-16(2,14-7-4-3-5-8-14)13-17(15(19)20)9-6-11-21-12-10-18/h3-5,7-8,10H,6,9,11-13H2,1-2H3,(H,19,20). The zero-order valence-electron chi connectivity index (χ0n) is 12.6. The molecule has 0 heterocycles. The number of carbonyl (C=O) groups excluding carboxylic acids is 1. The van der Waals surface area contributed by atoms with Crippen LogP contribution in [0.2, 0.25) is 0 Å². The summed E-state index contributed by atoms with van der Waals surface area (Å²) in [6.45, 7) is 5.07. The summed E-state index contributed by atoms with van der Waals surface area (Å²) in [5.41, 5.74) is 0.904. The number of aldehydes is 1. The Bertz CT molecular complexity index is 448. The summed E-state index contributed by atoms with van der Waals surface area (Å²) in [5, 5.41) is 9.35. The lowest BCUT2D eigenvalue weighted by molar-refractivity contribution is -0.105. The van der Waals surface area contributed by atoms with E-state index in [4.69, 9.17) is 0 Å². The van der Waals surface area contributed by atoms with Gasteiger partial charge in [0.05, 0.1) is 0 Å². The van der Waals surface area contributed by atoms with Gasteiger partial charge in [0.1, 0.15) is 6.29 Å². The van der Waals surface area contributed by atoms with Crippen molar-refractivity contribution in [1.82, 2.24) is 4.90 Å². The van der Waals surface area contributed by atoms with E-state index in [2.05, 4.69) is 13.8 Å². The van der Waals surface area contributed by atoms with E-state index in [1.807, 2.05) is 30.3 Å². The molecule has 0 atom stereocenters. The monoisotopic (exact) mass is 309 g/mol. The minimum atomic E-state index is -0.889. The average molecular weight is 309 g/mol. The van der Waals surface area contributed by atoms with Crippen molar-refractivity contribution in [2.75, 3.05) is 24.6 Å². The van der Waals surface area contributed by atoms with Crippen molar-refractivity contribution in [1.29, 1.82) is 0 Å². The van der Waals surface area contributed by atoms with E-state index >= 15 is 0 Å². The Morgan fingerprint density at radius 1 is 1.33 bits per heavy atom. The van der Waals surface area contributed by atoms with Gasteiger partial charge in [-0.05, 0) is 17.7 Å². The zero-order chi connectivity index (χ0) is 15.7. The van der Waals surface area contributed by atoms with Crippen molar-refractivity contribution in [3.05, 3.63) is 35.9 Å². The number of amides is 1. The topological polar surface area (TPSA) is 57.6 Å². The third-order valence-corrected chi connectivity index (χ3v) is 4.26. The van der Waals surface area contributed by atoms with E-state index in [9.17, 15) is 14.7 Å². The molecule has 4 nitrogen and oxygen atoms in total. The highest BCUT2D eigenvalue weighted by Gasteiger charge is 2.26. The molecule has 0 fully saturated rings. The Kier molecular flexibility index (Phi) is 7.29. The largest absolute Gasteiger partial charge is 0.465 e. The van der Waals surface area contributed by atoms with E-state index in [0.717, 1.165) is 24.0 Å². The van der Waals surface area contributed by atoms with Gasteiger partial charge in [-0.3, -0.25) is 0 Å². The van der Waals surface area contributed by atoms with Gasteiger partial charge in [0.25, 0.3) is 0 Å². The van der Waals surface area contributed by atoms with E-state index < -0.39 is 6.09 Å². The van der Waals surface area contributed by atoms with Crippen molar-refractivity contribution in [2.24, 2.45) is 0 Å². The van der Waals surface area contributed by atoms with Crippen LogP contribution in [0.3, 0.4) is 0 Å². The van der Waals surface area contributed by atoms with Gasteiger partial charge in [0, 0.05) is 24.3 Å². The molecule has 0 aliphatic carbocycles. The number of thioether (sulfide) groups is 1. The van der Waals surface area contributed by atoms with Gasteiger partial charge in [-0.1, -0.05) is 44.2 Å². The fourth-order valence-corrected chi connectivity index (χ4v) is 2.79. The molecular formula is C16H23NO3S. The number of hydrogen-bond donors (Lipinski definition) is 1. The van der Waals surface area contributed by atoms with E-state index in [0.29, 0.717) is 18.8 Å². The fraction of sp³-hybridized carbons (Fsp3) is 0.500. The Balaban J connectivity index is 2.57. The van der Waals surface area contributed by atoms with Crippen LogP contribution in [0.25, 0.3) is 0 Å². The summed E-state index contributed by atoms with van der Waals surface area (Å²) >= 11 is 1.53. The number of hydrogen-bond acceptors (Lipinski definition) is 3. The Morgan fingerprint density at radius 2 is 2.00 bits per heavy atom. The van der Waals surface area contributed by atoms with Crippen LogP contribution in [0.1, 0.15) is 25.8 Å². The molecule has 0 bridgehead atoms. The highest BCUT2D eigenvalue weighted by molar-refractivity contribution is 7.99. The van der Waals surface area contributed by atoms with Crippen molar-refractivity contribution < 1.29 is 14.7 Å². The molecule has 1 aromatic carbocycles. The minimum Gasteiger partial charge on any atom is -0.465 e. The van der Waals surface area contributed by atoms with E-state index in [1.165, 1.54) is 16.7 Å². The highest BCUT2D eigenvalue weighted by Crippen LogP contribution is 2.24. The van der Waals surface area contributed by atoms with Crippen LogP contribution >= 0.6 is 11.8 Å². The minimum absolute atomic E-state index is 0.227. The predicted molar refractivity (Wildman–Crippen MR) is 87.1 cm³/mol. The molecule has 5 heteroatoms. The number of rotatable bonds is 9. The summed E-state index contributed by atoms with van der Waals surface area (Å²) in [6.07, 6.45) is 0.743. The van der Waals surface area contributed by atoms with Crippen molar-refractivity contribution in [3.8, 4) is 0 Å². The normalized spacial score (nSPS) is 11.1. The van der Waals surface area contributed by atoms with Gasteiger partial charge in [-0.25, -0.2) is 4.79 Å². The van der Waals surface area contributed by atoms with Gasteiger partial charge >= 0.3 is 6.09 Å². The maximum atomic E-state index is 11.4. The summed E-state index contributed by atoms with van der Waals surface area (Å²) in [4.78, 5) is 23.1. The van der Waals surface area contributed by atoms with Crippen LogP contribution < -0.4 is 0 Å². The molecule has 0 aliphatic rings. The lowest BCUT2D eigenvalue weighted by Crippen LogP contribution is -2.40. The number of carbonyl (C=O) groups is 2. The summed E-state index contributed by atoms with van der Waals surface area (Å²) < 4.78 is 0. The SMILES string of the molecule is CC(C)(CN(CCCSCC=O)C(=O)O)c1ccccc1. The van der Waals surface area contributed by atoms with Gasteiger partial charge in [-0.2, -0.15) is 11.8 Å². The second-order valence-electron chi connectivity index (χ2n) is 5.55. The van der Waals surface area contributed by atoms with Crippen molar-refractivity contribution in [2.45, 2.75) is 25.7 Å². The third-order valence-electron chi connectivity index (χ3n) is 3.31. The molecule has 0 saturated carbocycles. The summed E-state index contributed by atoms with van der Waals surface area (Å²) in [5.74, 6) is 1.27. The van der Waals surface area contributed by atoms with Crippen LogP contribution in [0.15, 0.2) is 30.3 Å². The molecular weight excluding hydrogens is 286 g/mol. The van der Waals surface area contributed by atoms with Crippen LogP contribution in [-0.4, -0.2) is 47.0 Å². The second-order valence-corrected chi connectivity index (χ2v) is 6.70. The number of carboxylic acid groups (broad SMARTS) is 1. The first-order chi connectivity index (χ1) is 9.97. The molecule has 1 amide bonds. The molecule has 0 unspecified atom stereocenters. The molecule has 1 rings (SSSR count). The van der Waals surface area contributed by atoms with Crippen LogP contribution in [0, 0.1) is 0 Å². The predicted octanol–water partition coefficient (Wildman–Crippen LogP) is 3.27. The van der Waals surface area contributed by atoms with Crippen molar-refractivity contribution in [3.63, 3.8) is 0 Å². The molecule has 0 saturated heterocycles. The summed E-state index contributed by atoms with van der Waals surface area (Å²) in [7, 11) is 0. The summed E-state index contributed by atoms with van der Waals surface area (Å²) in [6, 6.07) is 9.95. The smallest absolute Gasteiger partial charge is 0.407 e. The maximum Gasteiger partial charge on any atom is 0.407 e. The van der Waals surface area contributed by atoms with Crippen molar-refractivity contribution >= 4 is 24.1 Å². The molecule has 116 valence electrons. The molecule has 1 N–H and O–H groups in total. The number of nitrogens with zero attached hydrogens (tertiary/aromatic N) is 1. The average Bonchev–Trinajstić information content (AvgIpc) is 2.46. The van der Waals surface area contributed by atoms with Gasteiger partial charge in [-0.15, -0.1) is 0 Å². The van der Waals surface area contributed by atoms with Gasteiger partial charge < -0.3 is 14.8 Å². The van der Waals surface area contributed by atoms with Gasteiger partial charge in [0.15, 0.2) is 0 Å². The van der Waals surface area contributed by atoms with E-state index in [-0.39, 0.29) is 5.41 Å². The first-order valence-electron chi connectivity index (χ1n) is 7.02. The Hall–Kier alpha value is -1.49. The fourth-order valence-electron chi connectivity index (χ4n) is 2.19. The lowest BCUT2D eigenvalue weighted by Gasteiger charge is -2.31. The van der Waals surface area contributed by atoms with Crippen LogP contribution in [-0.2, 0) is 10.2 Å². The second kappa shape index (κ2) is 8.72. The molecule has 21 heavy (non-hydrogen) atoms. The maximum absolute atomic E-state index is 11.4. The molecule has 0 spiro atoms. The van der Waals surface area contributed by atoms with Gasteiger partial charge in [0.2, 0.25) is 0 Å². The lowest BCUT2D eigenvalue weighted by atomic mass is 9.84. The molecule has 0 radical (unpaired) electrons.